The first-order valence-corrected chi connectivity index (χ1v) is 12.0. The molecule has 0 saturated carbocycles. The molecule has 162 valence electrons. The van der Waals surface area contributed by atoms with Gasteiger partial charge in [0.2, 0.25) is 11.9 Å². The van der Waals surface area contributed by atoms with Gasteiger partial charge in [0.05, 0.1) is 18.6 Å². The van der Waals surface area contributed by atoms with E-state index in [1.807, 2.05) is 35.2 Å². The van der Waals surface area contributed by atoms with E-state index in [1.54, 1.807) is 6.26 Å². The summed E-state index contributed by atoms with van der Waals surface area (Å²) in [6.07, 6.45) is 7.32. The third kappa shape index (κ3) is 4.35. The van der Waals surface area contributed by atoms with Crippen LogP contribution in [0.3, 0.4) is 0 Å². The highest BCUT2D eigenvalue weighted by atomic mass is 32.2. The maximum Gasteiger partial charge on any atom is 0.237 e. The number of rotatable bonds is 6. The van der Waals surface area contributed by atoms with Crippen LogP contribution in [0.4, 0.5) is 11.6 Å². The van der Waals surface area contributed by atoms with Crippen molar-refractivity contribution >= 4 is 29.3 Å². The number of piperidine rings is 1. The van der Waals surface area contributed by atoms with Gasteiger partial charge in [-0.1, -0.05) is 30.0 Å². The number of amides is 1. The molecule has 0 N–H and O–H groups in total. The van der Waals surface area contributed by atoms with E-state index in [-0.39, 0.29) is 5.91 Å². The van der Waals surface area contributed by atoms with Gasteiger partial charge in [-0.25, -0.2) is 0 Å². The Balaban J connectivity index is 1.34. The first-order valence-electron chi connectivity index (χ1n) is 11.0. The Morgan fingerprint density at radius 1 is 1.00 bits per heavy atom. The molecule has 7 nitrogen and oxygen atoms in total. The predicted octanol–water partition coefficient (Wildman–Crippen LogP) is 3.98. The number of nitrogens with zero attached hydrogens (tertiary/aromatic N) is 5. The van der Waals surface area contributed by atoms with Crippen LogP contribution < -0.4 is 9.80 Å². The summed E-state index contributed by atoms with van der Waals surface area (Å²) in [6, 6.07) is 12.1. The van der Waals surface area contributed by atoms with Gasteiger partial charge in [-0.05, 0) is 55.9 Å². The molecule has 0 bridgehead atoms. The Kier molecular flexibility index (Phi) is 5.97. The van der Waals surface area contributed by atoms with Crippen LogP contribution in [0.2, 0.25) is 0 Å². The molecule has 0 unspecified atom stereocenters. The molecule has 31 heavy (non-hydrogen) atoms. The Bertz CT molecular complexity index is 1030. The van der Waals surface area contributed by atoms with Crippen molar-refractivity contribution in [3.8, 4) is 0 Å². The lowest BCUT2D eigenvalue weighted by Gasteiger charge is -2.29. The quantitative estimate of drug-likeness (QED) is 0.544. The average molecular weight is 438 g/mol. The molecular weight excluding hydrogens is 410 g/mol. The third-order valence-electron chi connectivity index (χ3n) is 5.97. The van der Waals surface area contributed by atoms with E-state index >= 15 is 0 Å². The van der Waals surface area contributed by atoms with Crippen LogP contribution in [0.25, 0.3) is 0 Å². The highest BCUT2D eigenvalue weighted by molar-refractivity contribution is 7.99. The minimum absolute atomic E-state index is 0.115. The van der Waals surface area contributed by atoms with Gasteiger partial charge in [-0.15, -0.1) is 10.2 Å². The lowest BCUT2D eigenvalue weighted by Crippen LogP contribution is -2.36. The molecule has 5 rings (SSSR count). The summed E-state index contributed by atoms with van der Waals surface area (Å²) in [4.78, 5) is 17.3. The van der Waals surface area contributed by atoms with Crippen molar-refractivity contribution in [2.45, 2.75) is 43.8 Å². The fourth-order valence-electron chi connectivity index (χ4n) is 4.41. The van der Waals surface area contributed by atoms with E-state index in [9.17, 15) is 4.79 Å². The van der Waals surface area contributed by atoms with Gasteiger partial charge < -0.3 is 14.2 Å². The molecule has 1 aromatic carbocycles. The number of thioether (sulfide) groups is 1. The van der Waals surface area contributed by atoms with Crippen LogP contribution in [-0.2, 0) is 17.8 Å². The van der Waals surface area contributed by atoms with Crippen LogP contribution in [0.5, 0.6) is 0 Å². The fraction of sp³-hybridized carbons (Fsp3) is 0.435. The predicted molar refractivity (Wildman–Crippen MR) is 122 cm³/mol. The second kappa shape index (κ2) is 9.18. The molecule has 0 aliphatic carbocycles. The largest absolute Gasteiger partial charge is 0.467 e. The van der Waals surface area contributed by atoms with Crippen molar-refractivity contribution in [2.24, 2.45) is 0 Å². The van der Waals surface area contributed by atoms with E-state index in [0.29, 0.717) is 12.3 Å². The molecule has 1 amide bonds. The van der Waals surface area contributed by atoms with Crippen molar-refractivity contribution in [3.63, 3.8) is 0 Å². The summed E-state index contributed by atoms with van der Waals surface area (Å²) in [7, 11) is 0. The van der Waals surface area contributed by atoms with E-state index < -0.39 is 0 Å². The molecular formula is C23H27N5O2S. The number of carbonyl (C=O) groups is 1. The zero-order valence-electron chi connectivity index (χ0n) is 17.6. The third-order valence-corrected chi connectivity index (χ3v) is 6.92. The number of aryl methyl sites for hydroxylation is 1. The maximum absolute atomic E-state index is 13.1. The van der Waals surface area contributed by atoms with Gasteiger partial charge >= 0.3 is 0 Å². The number of hydrogen-bond donors (Lipinski definition) is 0. The zero-order chi connectivity index (χ0) is 21.0. The summed E-state index contributed by atoms with van der Waals surface area (Å²) in [5, 5.41) is 9.71. The van der Waals surface area contributed by atoms with Crippen molar-refractivity contribution in [1.29, 1.82) is 0 Å². The zero-order valence-corrected chi connectivity index (χ0v) is 18.4. The van der Waals surface area contributed by atoms with Crippen LogP contribution in [0.15, 0.2) is 52.2 Å². The summed E-state index contributed by atoms with van der Waals surface area (Å²) in [6.45, 7) is 3.32. The summed E-state index contributed by atoms with van der Waals surface area (Å²) in [5.41, 5.74) is 2.30. The van der Waals surface area contributed by atoms with Gasteiger partial charge in [0, 0.05) is 25.3 Å². The number of aromatic nitrogens is 3. The second-order valence-electron chi connectivity index (χ2n) is 8.06. The monoisotopic (exact) mass is 437 g/mol. The lowest BCUT2D eigenvalue weighted by molar-refractivity contribution is -0.116. The lowest BCUT2D eigenvalue weighted by atomic mass is 10.0. The van der Waals surface area contributed by atoms with Gasteiger partial charge in [-0.2, -0.15) is 0 Å². The molecule has 1 saturated heterocycles. The number of benzene rings is 1. The molecule has 0 radical (unpaired) electrons. The Morgan fingerprint density at radius 2 is 1.87 bits per heavy atom. The molecule has 0 atom stereocenters. The molecule has 2 aromatic heterocycles. The second-order valence-corrected chi connectivity index (χ2v) is 9.00. The van der Waals surface area contributed by atoms with E-state index in [2.05, 4.69) is 25.7 Å². The van der Waals surface area contributed by atoms with Crippen LogP contribution in [-0.4, -0.2) is 46.1 Å². The van der Waals surface area contributed by atoms with Crippen LogP contribution in [0.1, 0.15) is 37.0 Å². The number of para-hydroxylation sites is 1. The van der Waals surface area contributed by atoms with Crippen molar-refractivity contribution < 1.29 is 9.21 Å². The number of carbonyl (C=O) groups excluding carboxylic acids is 1. The maximum atomic E-state index is 13.1. The topological polar surface area (TPSA) is 67.4 Å². The molecule has 2 aliphatic rings. The highest BCUT2D eigenvalue weighted by Crippen LogP contribution is 2.29. The summed E-state index contributed by atoms with van der Waals surface area (Å²) >= 11 is 1.46. The molecule has 1 fully saturated rings. The molecule has 2 aliphatic heterocycles. The number of fused-ring (bicyclic) bond motifs is 1. The van der Waals surface area contributed by atoms with E-state index in [4.69, 9.17) is 4.42 Å². The normalized spacial score (nSPS) is 16.4. The van der Waals surface area contributed by atoms with Crippen molar-refractivity contribution in [2.75, 3.05) is 35.2 Å². The molecule has 3 aromatic rings. The molecule has 8 heteroatoms. The van der Waals surface area contributed by atoms with Gasteiger partial charge in [-0.3, -0.25) is 9.36 Å². The number of furan rings is 1. The average Bonchev–Trinajstić information content (AvgIpc) is 3.48. The molecule has 0 spiro atoms. The SMILES string of the molecule is O=C(CSc1nnc(N2CCCCC2)n1Cc1ccco1)N1CCCc2ccccc21. The Morgan fingerprint density at radius 3 is 2.71 bits per heavy atom. The van der Waals surface area contributed by atoms with Crippen molar-refractivity contribution in [3.05, 3.63) is 54.0 Å². The highest BCUT2D eigenvalue weighted by Gasteiger charge is 2.25. The number of anilines is 2. The van der Waals surface area contributed by atoms with E-state index in [0.717, 1.165) is 55.0 Å². The van der Waals surface area contributed by atoms with Gasteiger partial charge in [0.15, 0.2) is 5.16 Å². The molecule has 4 heterocycles. The number of hydrogen-bond acceptors (Lipinski definition) is 6. The van der Waals surface area contributed by atoms with E-state index in [1.165, 1.54) is 36.6 Å². The first-order chi connectivity index (χ1) is 15.3. The summed E-state index contributed by atoms with van der Waals surface area (Å²) < 4.78 is 7.67. The first kappa shape index (κ1) is 20.2. The Hall–Kier alpha value is -2.74. The summed E-state index contributed by atoms with van der Waals surface area (Å²) in [5.74, 6) is 2.18. The van der Waals surface area contributed by atoms with Gasteiger partial charge in [0.25, 0.3) is 0 Å². The van der Waals surface area contributed by atoms with Crippen molar-refractivity contribution in [1.82, 2.24) is 14.8 Å². The van der Waals surface area contributed by atoms with Crippen LogP contribution >= 0.6 is 11.8 Å². The van der Waals surface area contributed by atoms with Crippen LogP contribution in [0, 0.1) is 0 Å². The minimum atomic E-state index is 0.115. The van der Waals surface area contributed by atoms with Gasteiger partial charge in [0.1, 0.15) is 5.76 Å². The fourth-order valence-corrected chi connectivity index (χ4v) is 5.22. The standard InChI is InChI=1S/C23H27N5O2S/c29-21(27-14-6-9-18-8-2-3-11-20(18)27)17-31-23-25-24-22(26-12-4-1-5-13-26)28(23)16-19-10-7-15-30-19/h2-3,7-8,10-11,15H,1,4-6,9,12-14,16-17H2. The smallest absolute Gasteiger partial charge is 0.237 e. The minimum Gasteiger partial charge on any atom is -0.467 e. The Labute approximate surface area is 186 Å².